The number of rotatable bonds is 4. The van der Waals surface area contributed by atoms with Crippen LogP contribution in [0, 0.1) is 0 Å². The molecule has 0 aliphatic carbocycles. The van der Waals surface area contributed by atoms with Gasteiger partial charge in [-0.15, -0.1) is 11.3 Å². The van der Waals surface area contributed by atoms with Crippen LogP contribution >= 0.6 is 34.9 Å². The monoisotopic (exact) mass is 274 g/mol. The number of aromatic nitrogens is 1. The van der Waals surface area contributed by atoms with Crippen molar-refractivity contribution in [1.82, 2.24) is 4.98 Å². The Morgan fingerprint density at radius 1 is 1.50 bits per heavy atom. The average molecular weight is 274 g/mol. The van der Waals surface area contributed by atoms with E-state index in [1.165, 1.54) is 22.8 Å². The van der Waals surface area contributed by atoms with E-state index in [1.807, 2.05) is 11.7 Å². The molecule has 16 heavy (non-hydrogen) atoms. The van der Waals surface area contributed by atoms with Crippen LogP contribution in [-0.2, 0) is 6.42 Å². The maximum atomic E-state index is 6.35. The second-order valence-electron chi connectivity index (χ2n) is 3.99. The smallest absolute Gasteiger partial charge is 0.0794 e. The standard InChI is InChI=1S/C11H18N2S3/c1-2-10-11(15-4-3-14-10)9(12)5-8-6-13-7-16-8/h6-7,9-11H,2-5,12H2,1H3. The highest BCUT2D eigenvalue weighted by Crippen LogP contribution is 2.35. The quantitative estimate of drug-likeness (QED) is 0.916. The molecule has 90 valence electrons. The maximum absolute atomic E-state index is 6.35. The molecule has 1 aliphatic rings. The van der Waals surface area contributed by atoms with Crippen molar-refractivity contribution in [2.24, 2.45) is 5.73 Å². The van der Waals surface area contributed by atoms with Crippen LogP contribution < -0.4 is 5.73 Å². The van der Waals surface area contributed by atoms with Gasteiger partial charge in [0.05, 0.1) is 5.51 Å². The van der Waals surface area contributed by atoms with Gasteiger partial charge in [0.15, 0.2) is 0 Å². The fourth-order valence-corrected chi connectivity index (χ4v) is 5.89. The molecule has 1 aromatic rings. The normalized spacial score (nSPS) is 27.9. The predicted molar refractivity (Wildman–Crippen MR) is 76.6 cm³/mol. The van der Waals surface area contributed by atoms with E-state index >= 15 is 0 Å². The van der Waals surface area contributed by atoms with Gasteiger partial charge < -0.3 is 5.73 Å². The zero-order chi connectivity index (χ0) is 11.4. The highest BCUT2D eigenvalue weighted by Gasteiger charge is 2.30. The Morgan fingerprint density at radius 3 is 3.00 bits per heavy atom. The summed E-state index contributed by atoms with van der Waals surface area (Å²) in [5, 5.41) is 1.35. The minimum Gasteiger partial charge on any atom is -0.326 e. The number of nitrogens with zero attached hydrogens (tertiary/aromatic N) is 1. The van der Waals surface area contributed by atoms with Crippen molar-refractivity contribution >= 4 is 34.9 Å². The molecule has 1 aromatic heterocycles. The van der Waals surface area contributed by atoms with E-state index in [0.717, 1.165) is 11.7 Å². The first-order valence-electron chi connectivity index (χ1n) is 5.67. The Kier molecular flexibility index (Phi) is 5.00. The van der Waals surface area contributed by atoms with Gasteiger partial charge in [-0.3, -0.25) is 4.98 Å². The summed E-state index contributed by atoms with van der Waals surface area (Å²) in [6.45, 7) is 2.27. The summed E-state index contributed by atoms with van der Waals surface area (Å²) in [6, 6.07) is 0.281. The second kappa shape index (κ2) is 6.28. The Bertz CT molecular complexity index is 302. The topological polar surface area (TPSA) is 38.9 Å². The zero-order valence-corrected chi connectivity index (χ0v) is 11.9. The van der Waals surface area contributed by atoms with Crippen LogP contribution in [-0.4, -0.2) is 33.0 Å². The minimum absolute atomic E-state index is 0.281. The Morgan fingerprint density at radius 2 is 2.31 bits per heavy atom. The molecule has 0 saturated carbocycles. The van der Waals surface area contributed by atoms with E-state index in [0.29, 0.717) is 5.25 Å². The Balaban J connectivity index is 1.94. The molecule has 2 nitrogen and oxygen atoms in total. The lowest BCUT2D eigenvalue weighted by molar-refractivity contribution is 0.601. The largest absolute Gasteiger partial charge is 0.326 e. The lowest BCUT2D eigenvalue weighted by atomic mass is 10.1. The van der Waals surface area contributed by atoms with Crippen LogP contribution in [0.3, 0.4) is 0 Å². The van der Waals surface area contributed by atoms with Gasteiger partial charge in [0.25, 0.3) is 0 Å². The van der Waals surface area contributed by atoms with Gasteiger partial charge in [-0.25, -0.2) is 0 Å². The highest BCUT2D eigenvalue weighted by molar-refractivity contribution is 8.07. The SMILES string of the molecule is CCC1SCCSC1C(N)Cc1cncs1. The fraction of sp³-hybridized carbons (Fsp3) is 0.727. The van der Waals surface area contributed by atoms with E-state index in [9.17, 15) is 0 Å². The molecule has 5 heteroatoms. The molecule has 1 aliphatic heterocycles. The summed E-state index contributed by atoms with van der Waals surface area (Å²) < 4.78 is 0. The molecule has 0 bridgehead atoms. The van der Waals surface area contributed by atoms with Crippen molar-refractivity contribution in [2.75, 3.05) is 11.5 Å². The van der Waals surface area contributed by atoms with Crippen molar-refractivity contribution in [3.8, 4) is 0 Å². The Labute approximate surface area is 110 Å². The molecule has 0 aromatic carbocycles. The summed E-state index contributed by atoms with van der Waals surface area (Å²) in [7, 11) is 0. The predicted octanol–water partition coefficient (Wildman–Crippen LogP) is 2.64. The van der Waals surface area contributed by atoms with Crippen LogP contribution in [0.4, 0.5) is 0 Å². The van der Waals surface area contributed by atoms with E-state index in [1.54, 1.807) is 11.3 Å². The summed E-state index contributed by atoms with van der Waals surface area (Å²) in [6.07, 6.45) is 4.17. The molecule has 1 saturated heterocycles. The van der Waals surface area contributed by atoms with Gasteiger partial charge >= 0.3 is 0 Å². The number of thioether (sulfide) groups is 2. The molecule has 0 spiro atoms. The number of thiazole rings is 1. The molecule has 0 radical (unpaired) electrons. The molecule has 2 rings (SSSR count). The molecule has 3 atom stereocenters. The molecule has 0 amide bonds. The van der Waals surface area contributed by atoms with Gasteiger partial charge in [0.1, 0.15) is 0 Å². The average Bonchev–Trinajstić information content (AvgIpc) is 2.81. The molecule has 2 heterocycles. The lowest BCUT2D eigenvalue weighted by Crippen LogP contribution is -2.42. The Hall–Kier alpha value is 0.290. The first-order valence-corrected chi connectivity index (χ1v) is 8.65. The van der Waals surface area contributed by atoms with Crippen molar-refractivity contribution in [3.05, 3.63) is 16.6 Å². The van der Waals surface area contributed by atoms with Crippen LogP contribution in [0.2, 0.25) is 0 Å². The van der Waals surface area contributed by atoms with Crippen molar-refractivity contribution in [2.45, 2.75) is 36.3 Å². The van der Waals surface area contributed by atoms with Gasteiger partial charge in [0.2, 0.25) is 0 Å². The minimum atomic E-state index is 0.281. The van der Waals surface area contributed by atoms with E-state index in [4.69, 9.17) is 5.73 Å². The van der Waals surface area contributed by atoms with Crippen molar-refractivity contribution in [3.63, 3.8) is 0 Å². The van der Waals surface area contributed by atoms with Crippen LogP contribution in [0.1, 0.15) is 18.2 Å². The molecule has 3 unspecified atom stereocenters. The van der Waals surface area contributed by atoms with Gasteiger partial charge in [0, 0.05) is 39.1 Å². The van der Waals surface area contributed by atoms with Gasteiger partial charge in [-0.05, 0) is 12.8 Å². The third-order valence-electron chi connectivity index (χ3n) is 2.84. The van der Waals surface area contributed by atoms with Crippen LogP contribution in [0.5, 0.6) is 0 Å². The maximum Gasteiger partial charge on any atom is 0.0794 e. The van der Waals surface area contributed by atoms with E-state index in [-0.39, 0.29) is 6.04 Å². The number of hydrogen-bond donors (Lipinski definition) is 1. The summed E-state index contributed by atoms with van der Waals surface area (Å²) in [5.41, 5.74) is 8.24. The summed E-state index contributed by atoms with van der Waals surface area (Å²) >= 11 is 5.88. The molecule has 2 N–H and O–H groups in total. The van der Waals surface area contributed by atoms with Crippen molar-refractivity contribution in [1.29, 1.82) is 0 Å². The summed E-state index contributed by atoms with van der Waals surface area (Å²) in [5.74, 6) is 2.54. The molecular formula is C11H18N2S3. The van der Waals surface area contributed by atoms with Crippen LogP contribution in [0.15, 0.2) is 11.7 Å². The fourth-order valence-electron chi connectivity index (χ4n) is 2.03. The second-order valence-corrected chi connectivity index (χ2v) is 7.59. The van der Waals surface area contributed by atoms with Gasteiger partial charge in [-0.2, -0.15) is 23.5 Å². The molecular weight excluding hydrogens is 256 g/mol. The first kappa shape index (κ1) is 12.7. The molecule has 1 fully saturated rings. The van der Waals surface area contributed by atoms with Crippen LogP contribution in [0.25, 0.3) is 0 Å². The number of hydrogen-bond acceptors (Lipinski definition) is 5. The summed E-state index contributed by atoms with van der Waals surface area (Å²) in [4.78, 5) is 5.43. The third-order valence-corrected chi connectivity index (χ3v) is 7.07. The number of nitrogens with two attached hydrogens (primary N) is 1. The highest BCUT2D eigenvalue weighted by atomic mass is 32.2. The van der Waals surface area contributed by atoms with E-state index < -0.39 is 0 Å². The lowest BCUT2D eigenvalue weighted by Gasteiger charge is -2.33. The van der Waals surface area contributed by atoms with Crippen molar-refractivity contribution < 1.29 is 0 Å². The zero-order valence-electron chi connectivity index (χ0n) is 9.46. The first-order chi connectivity index (χ1) is 7.81. The van der Waals surface area contributed by atoms with E-state index in [2.05, 4.69) is 35.4 Å². The van der Waals surface area contributed by atoms with Gasteiger partial charge in [-0.1, -0.05) is 6.92 Å². The third kappa shape index (κ3) is 3.15.